The van der Waals surface area contributed by atoms with E-state index in [4.69, 9.17) is 4.74 Å². The lowest BCUT2D eigenvalue weighted by atomic mass is 10.2. The van der Waals surface area contributed by atoms with Gasteiger partial charge >= 0.3 is 5.97 Å². The molecule has 0 aliphatic carbocycles. The molecule has 0 N–H and O–H groups in total. The number of rotatable bonds is 6. The van der Waals surface area contributed by atoms with Crippen molar-refractivity contribution in [2.75, 3.05) is 18.1 Å². The number of carbonyl (C=O) groups is 1. The maximum Gasteiger partial charge on any atom is 0.325 e. The van der Waals surface area contributed by atoms with Gasteiger partial charge in [-0.25, -0.2) is 9.97 Å². The molecule has 0 amide bonds. The van der Waals surface area contributed by atoms with E-state index < -0.39 is 0 Å². The van der Waals surface area contributed by atoms with E-state index in [9.17, 15) is 4.79 Å². The number of anilines is 1. The summed E-state index contributed by atoms with van der Waals surface area (Å²) in [4.78, 5) is 22.7. The molecule has 0 aliphatic heterocycles. The molecule has 0 saturated carbocycles. The number of aromatic nitrogens is 2. The second-order valence-corrected chi connectivity index (χ2v) is 5.41. The van der Waals surface area contributed by atoms with E-state index in [0.29, 0.717) is 6.61 Å². The summed E-state index contributed by atoms with van der Waals surface area (Å²) in [6, 6.07) is 2.07. The minimum Gasteiger partial charge on any atom is -0.465 e. The summed E-state index contributed by atoms with van der Waals surface area (Å²) in [7, 11) is 0. The molecule has 0 saturated heterocycles. The molecule has 5 heteroatoms. The largest absolute Gasteiger partial charge is 0.465 e. The van der Waals surface area contributed by atoms with Crippen LogP contribution in [0, 0.1) is 6.92 Å². The zero-order chi connectivity index (χ0) is 15.3. The van der Waals surface area contributed by atoms with Gasteiger partial charge in [-0.05, 0) is 27.7 Å². The normalized spacial score (nSPS) is 11.0. The number of carbonyl (C=O) groups excluding carboxylic acids is 1. The summed E-state index contributed by atoms with van der Waals surface area (Å²) in [5, 5.41) is 0. The highest BCUT2D eigenvalue weighted by Gasteiger charge is 2.18. The Morgan fingerprint density at radius 1 is 1.30 bits per heavy atom. The molecule has 5 nitrogen and oxygen atoms in total. The predicted octanol–water partition coefficient (Wildman–Crippen LogP) is 2.69. The van der Waals surface area contributed by atoms with Crippen molar-refractivity contribution in [1.29, 1.82) is 0 Å². The molecule has 0 spiro atoms. The summed E-state index contributed by atoms with van der Waals surface area (Å²) in [5.41, 5.74) is 0.910. The molecule has 0 atom stereocenters. The molecule has 20 heavy (non-hydrogen) atoms. The highest BCUT2D eigenvalue weighted by Crippen LogP contribution is 2.19. The zero-order valence-electron chi connectivity index (χ0n) is 13.3. The summed E-state index contributed by atoms with van der Waals surface area (Å²) in [6.45, 7) is 12.5. The van der Waals surface area contributed by atoms with E-state index in [1.54, 1.807) is 0 Å². The van der Waals surface area contributed by atoms with Crippen molar-refractivity contribution in [2.24, 2.45) is 0 Å². The second-order valence-electron chi connectivity index (χ2n) is 5.41. The molecular formula is C15H25N3O2. The average molecular weight is 279 g/mol. The van der Waals surface area contributed by atoms with Gasteiger partial charge in [-0.3, -0.25) is 4.79 Å². The van der Waals surface area contributed by atoms with Crippen LogP contribution in [0.4, 0.5) is 5.82 Å². The van der Waals surface area contributed by atoms with Gasteiger partial charge in [0.15, 0.2) is 0 Å². The number of hydrogen-bond acceptors (Lipinski definition) is 5. The van der Waals surface area contributed by atoms with Crippen LogP contribution in [0.2, 0.25) is 0 Å². The third kappa shape index (κ3) is 4.47. The van der Waals surface area contributed by atoms with Gasteiger partial charge in [-0.1, -0.05) is 13.8 Å². The van der Waals surface area contributed by atoms with Crippen LogP contribution in [-0.4, -0.2) is 35.1 Å². The first-order valence-corrected chi connectivity index (χ1v) is 7.13. The number of hydrogen-bond donors (Lipinski definition) is 0. The van der Waals surface area contributed by atoms with Gasteiger partial charge in [-0.15, -0.1) is 0 Å². The Labute approximate surface area is 121 Å². The average Bonchev–Trinajstić information content (AvgIpc) is 2.35. The van der Waals surface area contributed by atoms with Gasteiger partial charge in [0, 0.05) is 23.7 Å². The van der Waals surface area contributed by atoms with Crippen LogP contribution < -0.4 is 4.90 Å². The fourth-order valence-corrected chi connectivity index (χ4v) is 1.85. The Balaban J connectivity index is 3.05. The van der Waals surface area contributed by atoms with Crippen molar-refractivity contribution in [3.05, 3.63) is 17.6 Å². The minimum absolute atomic E-state index is 0.161. The lowest BCUT2D eigenvalue weighted by Crippen LogP contribution is -2.37. The van der Waals surface area contributed by atoms with Crippen LogP contribution in [0.3, 0.4) is 0 Å². The van der Waals surface area contributed by atoms with Gasteiger partial charge in [-0.2, -0.15) is 0 Å². The Hall–Kier alpha value is -1.65. The summed E-state index contributed by atoms with van der Waals surface area (Å²) in [6.07, 6.45) is 0. The van der Waals surface area contributed by atoms with Crippen LogP contribution in [0.15, 0.2) is 6.07 Å². The third-order valence-corrected chi connectivity index (χ3v) is 2.90. The fourth-order valence-electron chi connectivity index (χ4n) is 1.85. The Morgan fingerprint density at radius 3 is 2.45 bits per heavy atom. The molecule has 0 bridgehead atoms. The maximum absolute atomic E-state index is 11.7. The van der Waals surface area contributed by atoms with Crippen molar-refractivity contribution >= 4 is 11.8 Å². The summed E-state index contributed by atoms with van der Waals surface area (Å²) < 4.78 is 5.03. The molecule has 0 aromatic carbocycles. The highest BCUT2D eigenvalue weighted by atomic mass is 16.5. The monoisotopic (exact) mass is 279 g/mol. The first-order valence-electron chi connectivity index (χ1n) is 7.13. The van der Waals surface area contributed by atoms with E-state index in [0.717, 1.165) is 17.3 Å². The standard InChI is InChI=1S/C15H25N3O2/c1-7-20-14(19)9-18(11(4)5)13-8-12(6)16-15(17-13)10(2)3/h8,10-11H,7,9H2,1-6H3. The lowest BCUT2D eigenvalue weighted by molar-refractivity contribution is -0.141. The Kier molecular flexibility index (Phi) is 5.92. The molecule has 0 fully saturated rings. The van der Waals surface area contributed by atoms with Gasteiger partial charge in [0.1, 0.15) is 18.2 Å². The molecular weight excluding hydrogens is 254 g/mol. The van der Waals surface area contributed by atoms with E-state index in [2.05, 4.69) is 23.8 Å². The quantitative estimate of drug-likeness (QED) is 0.749. The molecule has 1 heterocycles. The number of esters is 1. The predicted molar refractivity (Wildman–Crippen MR) is 80.0 cm³/mol. The first kappa shape index (κ1) is 16.4. The van der Waals surface area contributed by atoms with Crippen molar-refractivity contribution in [2.45, 2.75) is 53.5 Å². The van der Waals surface area contributed by atoms with Crippen molar-refractivity contribution in [3.63, 3.8) is 0 Å². The molecule has 1 aromatic rings. The number of ether oxygens (including phenoxy) is 1. The van der Waals surface area contributed by atoms with Gasteiger partial charge < -0.3 is 9.64 Å². The lowest BCUT2D eigenvalue weighted by Gasteiger charge is -2.27. The van der Waals surface area contributed by atoms with Crippen LogP contribution >= 0.6 is 0 Å². The minimum atomic E-state index is -0.233. The van der Waals surface area contributed by atoms with Crippen molar-refractivity contribution < 1.29 is 9.53 Å². The molecule has 0 unspecified atom stereocenters. The van der Waals surface area contributed by atoms with Crippen LogP contribution in [-0.2, 0) is 9.53 Å². The van der Waals surface area contributed by atoms with E-state index >= 15 is 0 Å². The van der Waals surface area contributed by atoms with E-state index in [1.165, 1.54) is 0 Å². The van der Waals surface area contributed by atoms with E-state index in [1.807, 2.05) is 38.7 Å². The van der Waals surface area contributed by atoms with Gasteiger partial charge in [0.25, 0.3) is 0 Å². The molecule has 1 rings (SSSR count). The Morgan fingerprint density at radius 2 is 1.95 bits per heavy atom. The van der Waals surface area contributed by atoms with Crippen molar-refractivity contribution in [3.8, 4) is 0 Å². The molecule has 1 aromatic heterocycles. The van der Waals surface area contributed by atoms with Gasteiger partial charge in [0.05, 0.1) is 6.61 Å². The summed E-state index contributed by atoms with van der Waals surface area (Å²) >= 11 is 0. The molecule has 0 aliphatic rings. The number of nitrogens with zero attached hydrogens (tertiary/aromatic N) is 3. The summed E-state index contributed by atoms with van der Waals surface area (Å²) in [5.74, 6) is 1.60. The van der Waals surface area contributed by atoms with Crippen molar-refractivity contribution in [1.82, 2.24) is 9.97 Å². The van der Waals surface area contributed by atoms with E-state index in [-0.39, 0.29) is 24.5 Å². The van der Waals surface area contributed by atoms with Gasteiger partial charge in [0.2, 0.25) is 0 Å². The zero-order valence-corrected chi connectivity index (χ0v) is 13.3. The van der Waals surface area contributed by atoms with Crippen LogP contribution in [0.1, 0.15) is 52.1 Å². The molecule has 112 valence electrons. The molecule has 0 radical (unpaired) electrons. The first-order chi connectivity index (χ1) is 9.35. The third-order valence-electron chi connectivity index (χ3n) is 2.90. The van der Waals surface area contributed by atoms with Crippen LogP contribution in [0.5, 0.6) is 0 Å². The smallest absolute Gasteiger partial charge is 0.325 e. The van der Waals surface area contributed by atoms with Crippen LogP contribution in [0.25, 0.3) is 0 Å². The second kappa shape index (κ2) is 7.22. The maximum atomic E-state index is 11.7. The highest BCUT2D eigenvalue weighted by molar-refractivity contribution is 5.75. The number of aryl methyl sites for hydroxylation is 1. The Bertz CT molecular complexity index is 458. The SMILES string of the molecule is CCOC(=O)CN(c1cc(C)nc(C(C)C)n1)C(C)C. The topological polar surface area (TPSA) is 55.3 Å². The fraction of sp³-hybridized carbons (Fsp3) is 0.667.